The van der Waals surface area contributed by atoms with Gasteiger partial charge in [0.15, 0.2) is 18.1 Å². The van der Waals surface area contributed by atoms with Crippen LogP contribution in [0.1, 0.15) is 15.9 Å². The highest BCUT2D eigenvalue weighted by molar-refractivity contribution is 14.1. The molecule has 7 nitrogen and oxygen atoms in total. The van der Waals surface area contributed by atoms with Crippen molar-refractivity contribution in [3.8, 4) is 23.0 Å². The van der Waals surface area contributed by atoms with Crippen molar-refractivity contribution in [3.05, 3.63) is 47.5 Å². The van der Waals surface area contributed by atoms with Crippen molar-refractivity contribution in [2.45, 2.75) is 6.61 Å². The standard InChI is InChI=1S/C18H17IO7/c1-23-14-7-12(18(19)22)8-15(24-2)17(14)26-9-11-4-3-5-13(6-11)25-10-16(20)21/h3-8H,9-10H2,1-2H3,(H,20,21). The number of carbonyl (C=O) groups is 2. The summed E-state index contributed by atoms with van der Waals surface area (Å²) in [5, 5.41) is 8.67. The molecule has 0 fully saturated rings. The van der Waals surface area contributed by atoms with E-state index in [2.05, 4.69) is 0 Å². The summed E-state index contributed by atoms with van der Waals surface area (Å²) in [5.74, 6) is 0.503. The molecule has 0 aliphatic rings. The van der Waals surface area contributed by atoms with E-state index in [9.17, 15) is 9.59 Å². The highest BCUT2D eigenvalue weighted by Gasteiger charge is 2.17. The number of rotatable bonds is 9. The number of hydrogen-bond acceptors (Lipinski definition) is 6. The Labute approximate surface area is 164 Å². The Kier molecular flexibility index (Phi) is 7.07. The number of carboxylic acid groups (broad SMARTS) is 1. The van der Waals surface area contributed by atoms with E-state index in [4.69, 9.17) is 24.1 Å². The molecular weight excluding hydrogens is 455 g/mol. The molecule has 0 aromatic heterocycles. The number of methoxy groups -OCH3 is 2. The summed E-state index contributed by atoms with van der Waals surface area (Å²) in [6.07, 6.45) is 0. The minimum Gasteiger partial charge on any atom is -0.493 e. The van der Waals surface area contributed by atoms with E-state index in [1.54, 1.807) is 52.9 Å². The molecular formula is C18H17IO7. The topological polar surface area (TPSA) is 91.3 Å². The molecule has 0 radical (unpaired) electrons. The first-order valence-corrected chi connectivity index (χ1v) is 8.54. The summed E-state index contributed by atoms with van der Waals surface area (Å²) in [6.45, 7) is -0.244. The van der Waals surface area contributed by atoms with E-state index in [0.29, 0.717) is 28.6 Å². The number of hydrogen-bond donors (Lipinski definition) is 1. The van der Waals surface area contributed by atoms with Crippen LogP contribution in [0.5, 0.6) is 23.0 Å². The maximum absolute atomic E-state index is 11.6. The van der Waals surface area contributed by atoms with Gasteiger partial charge in [-0.1, -0.05) is 12.1 Å². The van der Waals surface area contributed by atoms with Gasteiger partial charge in [0.25, 0.3) is 0 Å². The lowest BCUT2D eigenvalue weighted by Crippen LogP contribution is -2.09. The van der Waals surface area contributed by atoms with Crippen molar-refractivity contribution >= 4 is 32.4 Å². The van der Waals surface area contributed by atoms with Crippen molar-refractivity contribution in [2.24, 2.45) is 0 Å². The van der Waals surface area contributed by atoms with E-state index in [1.807, 2.05) is 6.07 Å². The van der Waals surface area contributed by atoms with Crippen LogP contribution in [0.15, 0.2) is 36.4 Å². The average Bonchev–Trinajstić information content (AvgIpc) is 2.64. The van der Waals surface area contributed by atoms with E-state index in [-0.39, 0.29) is 10.4 Å². The highest BCUT2D eigenvalue weighted by atomic mass is 127. The van der Waals surface area contributed by atoms with Crippen LogP contribution >= 0.6 is 22.6 Å². The Balaban J connectivity index is 2.19. The smallest absolute Gasteiger partial charge is 0.341 e. The van der Waals surface area contributed by atoms with E-state index in [0.717, 1.165) is 5.56 Å². The number of benzene rings is 2. The summed E-state index contributed by atoms with van der Waals surface area (Å²) in [6, 6.07) is 10.1. The van der Waals surface area contributed by atoms with Crippen LogP contribution in [0.25, 0.3) is 0 Å². The second kappa shape index (κ2) is 9.27. The van der Waals surface area contributed by atoms with E-state index in [1.165, 1.54) is 14.2 Å². The molecule has 0 saturated heterocycles. The third kappa shape index (κ3) is 5.25. The molecule has 0 amide bonds. The van der Waals surface area contributed by atoms with Gasteiger partial charge in [0.1, 0.15) is 12.4 Å². The molecule has 138 valence electrons. The van der Waals surface area contributed by atoms with Crippen LogP contribution < -0.4 is 18.9 Å². The quantitative estimate of drug-likeness (QED) is 0.442. The molecule has 2 aromatic rings. The number of aliphatic carboxylic acids is 1. The molecule has 2 aromatic carbocycles. The molecule has 26 heavy (non-hydrogen) atoms. The van der Waals surface area contributed by atoms with Crippen molar-refractivity contribution < 1.29 is 33.6 Å². The predicted molar refractivity (Wildman–Crippen MR) is 102 cm³/mol. The lowest BCUT2D eigenvalue weighted by atomic mass is 10.2. The lowest BCUT2D eigenvalue weighted by Gasteiger charge is -2.15. The zero-order chi connectivity index (χ0) is 19.1. The summed E-state index contributed by atoms with van der Waals surface area (Å²) in [5.41, 5.74) is 1.21. The van der Waals surface area contributed by atoms with Crippen LogP contribution in [0.3, 0.4) is 0 Å². The van der Waals surface area contributed by atoms with Crippen LogP contribution in [0.2, 0.25) is 0 Å². The second-order valence-corrected chi connectivity index (χ2v) is 6.08. The molecule has 0 saturated carbocycles. The van der Waals surface area contributed by atoms with Gasteiger partial charge in [-0.25, -0.2) is 4.79 Å². The first kappa shape index (κ1) is 19.8. The Morgan fingerprint density at radius 3 is 2.23 bits per heavy atom. The summed E-state index contributed by atoms with van der Waals surface area (Å²) < 4.78 is 21.4. The van der Waals surface area contributed by atoms with Gasteiger partial charge in [-0.15, -0.1) is 0 Å². The van der Waals surface area contributed by atoms with Crippen LogP contribution in [0, 0.1) is 0 Å². The fraction of sp³-hybridized carbons (Fsp3) is 0.222. The Hall–Kier alpha value is -2.49. The predicted octanol–water partition coefficient (Wildman–Crippen LogP) is 3.32. The molecule has 0 heterocycles. The number of halogens is 1. The zero-order valence-corrected chi connectivity index (χ0v) is 16.3. The van der Waals surface area contributed by atoms with Gasteiger partial charge in [0.05, 0.1) is 14.2 Å². The summed E-state index contributed by atoms with van der Waals surface area (Å²) >= 11 is 1.69. The average molecular weight is 472 g/mol. The second-order valence-electron chi connectivity index (χ2n) is 5.10. The third-order valence-electron chi connectivity index (χ3n) is 3.33. The monoisotopic (exact) mass is 472 g/mol. The van der Waals surface area contributed by atoms with Crippen LogP contribution in [-0.2, 0) is 11.4 Å². The van der Waals surface area contributed by atoms with Crippen molar-refractivity contribution in [1.82, 2.24) is 0 Å². The largest absolute Gasteiger partial charge is 0.493 e. The highest BCUT2D eigenvalue weighted by Crippen LogP contribution is 2.39. The van der Waals surface area contributed by atoms with Gasteiger partial charge in [0.2, 0.25) is 9.54 Å². The fourth-order valence-corrected chi connectivity index (χ4v) is 2.47. The zero-order valence-electron chi connectivity index (χ0n) is 14.2. The molecule has 1 N–H and O–H groups in total. The first-order valence-electron chi connectivity index (χ1n) is 7.46. The Morgan fingerprint density at radius 2 is 1.69 bits per heavy atom. The lowest BCUT2D eigenvalue weighted by molar-refractivity contribution is -0.139. The number of carboxylic acids is 1. The SMILES string of the molecule is COc1cc(C(=O)I)cc(OC)c1OCc1cccc(OCC(=O)O)c1. The molecule has 2 rings (SSSR count). The Morgan fingerprint density at radius 1 is 1.04 bits per heavy atom. The van der Waals surface area contributed by atoms with Crippen molar-refractivity contribution in [3.63, 3.8) is 0 Å². The van der Waals surface area contributed by atoms with Crippen LogP contribution in [0.4, 0.5) is 0 Å². The molecule has 8 heteroatoms. The summed E-state index contributed by atoms with van der Waals surface area (Å²) in [4.78, 5) is 22.2. The van der Waals surface area contributed by atoms with E-state index < -0.39 is 12.6 Å². The number of carbonyl (C=O) groups excluding carboxylic acids is 1. The van der Waals surface area contributed by atoms with Gasteiger partial charge in [-0.3, -0.25) is 4.79 Å². The maximum atomic E-state index is 11.6. The van der Waals surface area contributed by atoms with Crippen molar-refractivity contribution in [2.75, 3.05) is 20.8 Å². The fourth-order valence-electron chi connectivity index (χ4n) is 2.16. The Bertz CT molecular complexity index is 779. The van der Waals surface area contributed by atoms with Gasteiger partial charge >= 0.3 is 5.97 Å². The number of ether oxygens (including phenoxy) is 4. The van der Waals surface area contributed by atoms with Gasteiger partial charge in [-0.2, -0.15) is 0 Å². The van der Waals surface area contributed by atoms with Gasteiger partial charge < -0.3 is 24.1 Å². The maximum Gasteiger partial charge on any atom is 0.341 e. The third-order valence-corrected chi connectivity index (χ3v) is 3.95. The molecule has 0 unspecified atom stereocenters. The molecule has 0 spiro atoms. The normalized spacial score (nSPS) is 10.1. The molecule has 0 aliphatic carbocycles. The molecule has 0 bridgehead atoms. The van der Waals surface area contributed by atoms with E-state index >= 15 is 0 Å². The minimum atomic E-state index is -1.05. The molecule has 0 atom stereocenters. The summed E-state index contributed by atoms with van der Waals surface area (Å²) in [7, 11) is 2.95. The first-order chi connectivity index (χ1) is 12.4. The molecule has 0 aliphatic heterocycles. The van der Waals surface area contributed by atoms with Gasteiger partial charge in [-0.05, 0) is 29.8 Å². The van der Waals surface area contributed by atoms with Crippen molar-refractivity contribution in [1.29, 1.82) is 0 Å². The van der Waals surface area contributed by atoms with Crippen LogP contribution in [-0.4, -0.2) is 35.7 Å². The van der Waals surface area contributed by atoms with Gasteiger partial charge in [0, 0.05) is 28.2 Å². The minimum absolute atomic E-state index is 0.144.